The van der Waals surface area contributed by atoms with Crippen molar-refractivity contribution in [3.05, 3.63) is 94.6 Å². The summed E-state index contributed by atoms with van der Waals surface area (Å²) in [6, 6.07) is 16.1. The van der Waals surface area contributed by atoms with Crippen molar-refractivity contribution in [3.8, 4) is 16.9 Å². The molecule has 1 aliphatic carbocycles. The minimum absolute atomic E-state index is 0.0338. The topological polar surface area (TPSA) is 66.4 Å². The van der Waals surface area contributed by atoms with Gasteiger partial charge in [0.05, 0.1) is 10.5 Å². The molecule has 8 heteroatoms. The van der Waals surface area contributed by atoms with E-state index >= 15 is 0 Å². The van der Waals surface area contributed by atoms with Crippen LogP contribution < -0.4 is 4.72 Å². The highest BCUT2D eigenvalue weighted by molar-refractivity contribution is 7.94. The number of fused-ring (bicyclic) bond motifs is 1. The summed E-state index contributed by atoms with van der Waals surface area (Å²) in [6.45, 7) is 0. The molecule has 2 aliphatic rings. The monoisotopic (exact) mass is 469 g/mol. The second-order valence-electron chi connectivity index (χ2n) is 8.06. The number of carbonyl (C=O) groups is 1. The van der Waals surface area contributed by atoms with Gasteiger partial charge in [0.1, 0.15) is 5.75 Å². The average Bonchev–Trinajstić information content (AvgIpc) is 3.35. The average molecular weight is 469 g/mol. The van der Waals surface area contributed by atoms with Gasteiger partial charge >= 0.3 is 6.18 Å². The Balaban J connectivity index is 1.51. The number of rotatable bonds is 3. The highest BCUT2D eigenvalue weighted by Gasteiger charge is 2.32. The Hall–Kier alpha value is -3.39. The molecule has 2 N–H and O–H groups in total. The zero-order valence-corrected chi connectivity index (χ0v) is 18.0. The van der Waals surface area contributed by atoms with E-state index in [-0.39, 0.29) is 16.6 Å². The van der Waals surface area contributed by atoms with Gasteiger partial charge in [-0.05, 0) is 64.9 Å². The van der Waals surface area contributed by atoms with Gasteiger partial charge in [-0.15, -0.1) is 0 Å². The molecule has 33 heavy (non-hydrogen) atoms. The summed E-state index contributed by atoms with van der Waals surface area (Å²) in [5.41, 5.74) is 3.80. The SMILES string of the molecule is O=C1C=C(c2ccc([C@H]3CCc4c(-c5cccc(C(F)(F)F)c5)cccc43)cc2O)S(=O)N1. The Morgan fingerprint density at radius 2 is 1.79 bits per heavy atom. The number of carbonyl (C=O) groups excluding carboxylic acids is 1. The lowest BCUT2D eigenvalue weighted by atomic mass is 9.90. The predicted molar refractivity (Wildman–Crippen MR) is 119 cm³/mol. The Morgan fingerprint density at radius 1 is 1.00 bits per heavy atom. The molecular weight excluding hydrogens is 451 g/mol. The van der Waals surface area contributed by atoms with Gasteiger partial charge in [0, 0.05) is 17.6 Å². The van der Waals surface area contributed by atoms with Crippen LogP contribution in [0.1, 0.15) is 40.2 Å². The van der Waals surface area contributed by atoms with Crippen LogP contribution in [0.2, 0.25) is 0 Å². The minimum Gasteiger partial charge on any atom is -0.507 e. The summed E-state index contributed by atoms with van der Waals surface area (Å²) in [7, 11) is -1.71. The van der Waals surface area contributed by atoms with Crippen LogP contribution in [-0.4, -0.2) is 15.2 Å². The predicted octanol–water partition coefficient (Wildman–Crippen LogP) is 5.29. The molecule has 168 valence electrons. The molecule has 1 heterocycles. The fraction of sp³-hybridized carbons (Fsp3) is 0.160. The maximum Gasteiger partial charge on any atom is 0.416 e. The highest BCUT2D eigenvalue weighted by atomic mass is 32.2. The smallest absolute Gasteiger partial charge is 0.416 e. The molecule has 0 radical (unpaired) electrons. The van der Waals surface area contributed by atoms with Crippen molar-refractivity contribution in [2.45, 2.75) is 24.9 Å². The van der Waals surface area contributed by atoms with Crippen LogP contribution in [0.25, 0.3) is 16.0 Å². The number of hydrogen-bond donors (Lipinski definition) is 2. The fourth-order valence-corrected chi connectivity index (χ4v) is 5.57. The first-order valence-electron chi connectivity index (χ1n) is 10.3. The van der Waals surface area contributed by atoms with E-state index in [1.807, 2.05) is 24.3 Å². The number of amides is 1. The van der Waals surface area contributed by atoms with Crippen molar-refractivity contribution < 1.29 is 27.3 Å². The zero-order chi connectivity index (χ0) is 23.3. The van der Waals surface area contributed by atoms with Gasteiger partial charge in [-0.1, -0.05) is 36.4 Å². The molecule has 3 aromatic rings. The number of hydrogen-bond acceptors (Lipinski definition) is 3. The van der Waals surface area contributed by atoms with Gasteiger partial charge in [0.2, 0.25) is 0 Å². The van der Waals surface area contributed by atoms with E-state index < -0.39 is 28.6 Å². The maximum atomic E-state index is 13.2. The molecule has 0 bridgehead atoms. The molecule has 1 unspecified atom stereocenters. The first-order valence-corrected chi connectivity index (χ1v) is 11.4. The fourth-order valence-electron chi connectivity index (χ4n) is 4.63. The summed E-state index contributed by atoms with van der Waals surface area (Å²) in [6.07, 6.45) is -1.76. The van der Waals surface area contributed by atoms with Crippen molar-refractivity contribution in [3.63, 3.8) is 0 Å². The van der Waals surface area contributed by atoms with Crippen molar-refractivity contribution in [2.24, 2.45) is 0 Å². The first-order chi connectivity index (χ1) is 15.7. The van der Waals surface area contributed by atoms with Crippen molar-refractivity contribution in [2.75, 3.05) is 0 Å². The zero-order valence-electron chi connectivity index (χ0n) is 17.1. The van der Waals surface area contributed by atoms with Crippen molar-refractivity contribution in [1.82, 2.24) is 4.72 Å². The molecule has 4 nitrogen and oxygen atoms in total. The van der Waals surface area contributed by atoms with Crippen LogP contribution in [0, 0.1) is 0 Å². The van der Waals surface area contributed by atoms with E-state index in [1.165, 1.54) is 18.2 Å². The summed E-state index contributed by atoms with van der Waals surface area (Å²) < 4.78 is 53.9. The molecule has 0 spiro atoms. The van der Waals surface area contributed by atoms with Gasteiger partial charge in [0.15, 0.2) is 11.0 Å². The second-order valence-corrected chi connectivity index (χ2v) is 9.24. The normalized spacial score (nSPS) is 19.8. The summed E-state index contributed by atoms with van der Waals surface area (Å²) in [5.74, 6) is -0.585. The van der Waals surface area contributed by atoms with E-state index in [2.05, 4.69) is 4.72 Å². The molecule has 3 aromatic carbocycles. The molecule has 0 saturated carbocycles. The summed E-state index contributed by atoms with van der Waals surface area (Å²) in [5, 5.41) is 10.6. The lowest BCUT2D eigenvalue weighted by Crippen LogP contribution is -2.16. The molecule has 0 fully saturated rings. The Bertz CT molecular complexity index is 1350. The Labute approximate surface area is 190 Å². The van der Waals surface area contributed by atoms with Crippen LogP contribution >= 0.6 is 0 Å². The van der Waals surface area contributed by atoms with Crippen LogP contribution in [0.3, 0.4) is 0 Å². The molecule has 5 rings (SSSR count). The molecule has 1 amide bonds. The van der Waals surface area contributed by atoms with E-state index in [1.54, 1.807) is 18.2 Å². The number of phenolic OH excluding ortho intramolecular Hbond substituents is 1. The summed E-state index contributed by atoms with van der Waals surface area (Å²) in [4.78, 5) is 11.7. The first kappa shape index (κ1) is 21.5. The van der Waals surface area contributed by atoms with Crippen LogP contribution in [0.15, 0.2) is 66.7 Å². The molecule has 0 aromatic heterocycles. The minimum atomic E-state index is -4.41. The molecular formula is C25H18F3NO3S. The van der Waals surface area contributed by atoms with Gasteiger partial charge in [-0.3, -0.25) is 9.52 Å². The number of nitrogens with one attached hydrogen (secondary N) is 1. The third kappa shape index (κ3) is 3.84. The highest BCUT2D eigenvalue weighted by Crippen LogP contribution is 2.44. The number of phenols is 1. The lowest BCUT2D eigenvalue weighted by molar-refractivity contribution is -0.137. The second kappa shape index (κ2) is 7.88. The molecule has 2 atom stereocenters. The van der Waals surface area contributed by atoms with Crippen LogP contribution in [-0.2, 0) is 28.4 Å². The molecule has 1 aliphatic heterocycles. The number of halogens is 3. The van der Waals surface area contributed by atoms with E-state index in [0.717, 1.165) is 34.7 Å². The summed E-state index contributed by atoms with van der Waals surface area (Å²) >= 11 is 0. The van der Waals surface area contributed by atoms with E-state index in [9.17, 15) is 27.3 Å². The molecule has 0 saturated heterocycles. The lowest BCUT2D eigenvalue weighted by Gasteiger charge is -2.16. The standard InChI is InChI=1S/C25H18F3NO3S/c26-25(27,28)16-4-1-3-14(11-16)17-5-2-6-19-18(9-10-20(17)19)15-7-8-21(22(30)12-15)23-13-24(31)29-33(23)32/h1-8,11-13,18,30H,9-10H2,(H,29,31)/t18-,33?/m1/s1. The van der Waals surface area contributed by atoms with Crippen LogP contribution in [0.4, 0.5) is 13.2 Å². The Morgan fingerprint density at radius 3 is 2.48 bits per heavy atom. The maximum absolute atomic E-state index is 13.2. The van der Waals surface area contributed by atoms with Crippen molar-refractivity contribution in [1.29, 1.82) is 0 Å². The van der Waals surface area contributed by atoms with Gasteiger partial charge < -0.3 is 5.11 Å². The number of benzene rings is 3. The van der Waals surface area contributed by atoms with Crippen molar-refractivity contribution >= 4 is 21.8 Å². The Kier molecular flexibility index (Phi) is 5.12. The van der Waals surface area contributed by atoms with E-state index in [0.29, 0.717) is 17.5 Å². The van der Waals surface area contributed by atoms with Gasteiger partial charge in [-0.2, -0.15) is 13.2 Å². The quantitative estimate of drug-likeness (QED) is 0.548. The third-order valence-corrected chi connectivity index (χ3v) is 7.24. The number of alkyl halides is 3. The largest absolute Gasteiger partial charge is 0.507 e. The third-order valence-electron chi connectivity index (χ3n) is 6.12. The van der Waals surface area contributed by atoms with E-state index in [4.69, 9.17) is 0 Å². The van der Waals surface area contributed by atoms with Gasteiger partial charge in [-0.25, -0.2) is 4.21 Å². The van der Waals surface area contributed by atoms with Gasteiger partial charge in [0.25, 0.3) is 5.91 Å². The number of aromatic hydroxyl groups is 1. The van der Waals surface area contributed by atoms with Crippen LogP contribution in [0.5, 0.6) is 5.75 Å².